The van der Waals surface area contributed by atoms with E-state index in [9.17, 15) is 19.2 Å². The minimum Gasteiger partial charge on any atom is -0.344 e. The Balaban J connectivity index is 0.953. The summed E-state index contributed by atoms with van der Waals surface area (Å²) in [5.74, 6) is 14.0. The number of aromatic nitrogens is 4. The van der Waals surface area contributed by atoms with Gasteiger partial charge in [0, 0.05) is 36.1 Å². The standard InChI is InChI=1S/C42H50N8O4/c1-25(2)35(47-39(51)29-15-16-29)41(53)49-21-5-7-33(49)37-43-23-31(45-37)19-13-27-9-11-28(12-10-27)14-20-32-24-44-38(46-32)34-8-6-22-50(34)42(54)36(26(3)4)48-40(52)30-17-18-30/h9-12,23-26,29-30,33-36H,5-8,15-18,21-22H2,1-4H3,(H,43,45)(H,44,46)(H,47,51)(H,48,52)/t33-,34-,35+,36+/m0/s1. The Bertz CT molecular complexity index is 1860. The lowest BCUT2D eigenvalue weighted by Crippen LogP contribution is -2.51. The molecule has 2 aliphatic heterocycles. The minimum absolute atomic E-state index is 0.0152. The smallest absolute Gasteiger partial charge is 0.246 e. The van der Waals surface area contributed by atoms with Crippen molar-refractivity contribution in [1.29, 1.82) is 0 Å². The van der Waals surface area contributed by atoms with Crippen LogP contribution in [0.15, 0.2) is 36.7 Å². The van der Waals surface area contributed by atoms with Crippen molar-refractivity contribution in [1.82, 2.24) is 40.4 Å². The molecule has 2 saturated heterocycles. The first-order valence-electron chi connectivity index (χ1n) is 19.5. The predicted octanol–water partition coefficient (Wildman–Crippen LogP) is 4.36. The Hall–Kier alpha value is -5.36. The lowest BCUT2D eigenvalue weighted by Gasteiger charge is -2.30. The molecule has 4 atom stereocenters. The van der Waals surface area contributed by atoms with E-state index >= 15 is 0 Å². The van der Waals surface area contributed by atoms with E-state index in [1.54, 1.807) is 12.4 Å². The summed E-state index contributed by atoms with van der Waals surface area (Å²) in [4.78, 5) is 71.7. The third-order valence-electron chi connectivity index (χ3n) is 10.8. The van der Waals surface area contributed by atoms with Crippen LogP contribution >= 0.6 is 0 Å². The SMILES string of the molecule is CC(C)[C@@H](NC(=O)C1CC1)C(=O)N1CCC[C@H]1c1ncc(C#Cc2ccc(C#Cc3cnc([C@@H]4CCCN4C(=O)[C@H](NC(=O)C4CC4)C(C)C)[nH]3)cc2)[nH]1. The van der Waals surface area contributed by atoms with Crippen molar-refractivity contribution in [2.75, 3.05) is 13.1 Å². The third kappa shape index (κ3) is 8.54. The molecule has 282 valence electrons. The molecular weight excluding hydrogens is 681 g/mol. The summed E-state index contributed by atoms with van der Waals surface area (Å²) in [6, 6.07) is 6.21. The third-order valence-corrected chi connectivity index (χ3v) is 10.8. The molecule has 2 aliphatic carbocycles. The quantitative estimate of drug-likeness (QED) is 0.227. The van der Waals surface area contributed by atoms with Crippen molar-refractivity contribution in [3.63, 3.8) is 0 Å². The number of carbonyl (C=O) groups is 4. The average molecular weight is 731 g/mol. The van der Waals surface area contributed by atoms with Crippen LogP contribution in [0.25, 0.3) is 0 Å². The second-order valence-corrected chi connectivity index (χ2v) is 15.8. The minimum atomic E-state index is -0.547. The normalized spacial score (nSPS) is 20.6. The van der Waals surface area contributed by atoms with Crippen LogP contribution in [0.5, 0.6) is 0 Å². The molecule has 2 saturated carbocycles. The number of aromatic amines is 2. The van der Waals surface area contributed by atoms with Crippen molar-refractivity contribution in [3.05, 3.63) is 70.8 Å². The van der Waals surface area contributed by atoms with Crippen LogP contribution in [0.1, 0.15) is 125 Å². The topological polar surface area (TPSA) is 156 Å². The molecule has 54 heavy (non-hydrogen) atoms. The van der Waals surface area contributed by atoms with Gasteiger partial charge in [-0.25, -0.2) is 9.97 Å². The summed E-state index contributed by atoms with van der Waals surface area (Å²) in [7, 11) is 0. The predicted molar refractivity (Wildman–Crippen MR) is 202 cm³/mol. The zero-order valence-electron chi connectivity index (χ0n) is 31.6. The zero-order chi connectivity index (χ0) is 37.9. The number of imidazole rings is 2. The number of nitrogens with one attached hydrogen (secondary N) is 4. The van der Waals surface area contributed by atoms with Gasteiger partial charge < -0.3 is 30.4 Å². The summed E-state index contributed by atoms with van der Waals surface area (Å²) < 4.78 is 0. The highest BCUT2D eigenvalue weighted by molar-refractivity contribution is 5.90. The number of rotatable bonds is 10. The lowest BCUT2D eigenvalue weighted by molar-refractivity contribution is -0.139. The van der Waals surface area contributed by atoms with Crippen LogP contribution in [0.3, 0.4) is 0 Å². The molecule has 3 aromatic rings. The van der Waals surface area contributed by atoms with E-state index in [2.05, 4.69) is 54.3 Å². The number of carbonyl (C=O) groups excluding carboxylic acids is 4. The fourth-order valence-electron chi connectivity index (χ4n) is 7.30. The first-order valence-corrected chi connectivity index (χ1v) is 19.5. The van der Waals surface area contributed by atoms with Gasteiger partial charge in [0.25, 0.3) is 0 Å². The highest BCUT2D eigenvalue weighted by Crippen LogP contribution is 2.34. The van der Waals surface area contributed by atoms with Crippen LogP contribution in [0.2, 0.25) is 0 Å². The van der Waals surface area contributed by atoms with Gasteiger partial charge in [0.1, 0.15) is 35.1 Å². The number of amides is 4. The molecule has 4 N–H and O–H groups in total. The summed E-state index contributed by atoms with van der Waals surface area (Å²) in [5.41, 5.74) is 2.97. The van der Waals surface area contributed by atoms with Gasteiger partial charge in [0.15, 0.2) is 0 Å². The zero-order valence-corrected chi connectivity index (χ0v) is 31.6. The maximum atomic E-state index is 13.6. The Morgan fingerprint density at radius 3 is 1.37 bits per heavy atom. The number of hydrogen-bond acceptors (Lipinski definition) is 6. The average Bonchev–Trinajstić information content (AvgIpc) is 3.93. The molecule has 0 spiro atoms. The van der Waals surface area contributed by atoms with Crippen LogP contribution < -0.4 is 10.6 Å². The molecule has 0 radical (unpaired) electrons. The Kier molecular flexibility index (Phi) is 10.9. The Morgan fingerprint density at radius 1 is 0.630 bits per heavy atom. The number of hydrogen-bond donors (Lipinski definition) is 4. The van der Waals surface area contributed by atoms with E-state index in [-0.39, 0.29) is 59.4 Å². The van der Waals surface area contributed by atoms with Crippen molar-refractivity contribution in [2.45, 2.75) is 103 Å². The van der Waals surface area contributed by atoms with Gasteiger partial charge in [-0.15, -0.1) is 0 Å². The maximum absolute atomic E-state index is 13.6. The van der Waals surface area contributed by atoms with Crippen LogP contribution in [-0.2, 0) is 19.2 Å². The number of nitrogens with zero attached hydrogens (tertiary/aromatic N) is 4. The lowest BCUT2D eigenvalue weighted by atomic mass is 10.0. The molecule has 0 bridgehead atoms. The largest absolute Gasteiger partial charge is 0.344 e. The van der Waals surface area contributed by atoms with E-state index < -0.39 is 12.1 Å². The molecule has 2 aromatic heterocycles. The van der Waals surface area contributed by atoms with Gasteiger partial charge >= 0.3 is 0 Å². The van der Waals surface area contributed by atoms with E-state index in [1.807, 2.05) is 61.8 Å². The molecule has 4 amide bonds. The van der Waals surface area contributed by atoms with Crippen molar-refractivity contribution < 1.29 is 19.2 Å². The van der Waals surface area contributed by atoms with Gasteiger partial charge in [0.05, 0.1) is 24.5 Å². The van der Waals surface area contributed by atoms with E-state index in [0.717, 1.165) is 62.5 Å². The molecule has 4 fully saturated rings. The van der Waals surface area contributed by atoms with Crippen molar-refractivity contribution in [2.24, 2.45) is 23.7 Å². The molecule has 12 nitrogen and oxygen atoms in total. The Labute approximate surface area is 317 Å². The summed E-state index contributed by atoms with van der Waals surface area (Å²) >= 11 is 0. The van der Waals surface area contributed by atoms with Gasteiger partial charge in [-0.1, -0.05) is 39.5 Å². The fraction of sp³-hybridized carbons (Fsp3) is 0.524. The molecule has 4 heterocycles. The van der Waals surface area contributed by atoms with Crippen molar-refractivity contribution >= 4 is 23.6 Å². The molecule has 7 rings (SSSR count). The second kappa shape index (κ2) is 15.9. The number of likely N-dealkylation sites (tertiary alicyclic amines) is 2. The maximum Gasteiger partial charge on any atom is 0.246 e. The molecular formula is C42H50N8O4. The fourth-order valence-corrected chi connectivity index (χ4v) is 7.30. The van der Waals surface area contributed by atoms with E-state index in [4.69, 9.17) is 0 Å². The first kappa shape index (κ1) is 37.0. The number of benzene rings is 1. The highest BCUT2D eigenvalue weighted by atomic mass is 16.2. The second-order valence-electron chi connectivity index (χ2n) is 15.8. The van der Waals surface area contributed by atoms with E-state index in [1.165, 1.54) is 0 Å². The number of H-pyrrole nitrogens is 2. The Morgan fingerprint density at radius 2 is 1.02 bits per heavy atom. The molecule has 0 unspecified atom stereocenters. The van der Waals surface area contributed by atoms with E-state index in [0.29, 0.717) is 36.1 Å². The van der Waals surface area contributed by atoms with Gasteiger partial charge in [-0.2, -0.15) is 0 Å². The summed E-state index contributed by atoms with van der Waals surface area (Å²) in [6.07, 6.45) is 10.3. The van der Waals surface area contributed by atoms with Crippen LogP contribution in [0.4, 0.5) is 0 Å². The highest BCUT2D eigenvalue weighted by Gasteiger charge is 2.41. The van der Waals surface area contributed by atoms with Gasteiger partial charge in [0.2, 0.25) is 23.6 Å². The molecule has 12 heteroatoms. The first-order chi connectivity index (χ1) is 26.0. The summed E-state index contributed by atoms with van der Waals surface area (Å²) in [6.45, 7) is 9.13. The van der Waals surface area contributed by atoms with Crippen LogP contribution in [0, 0.1) is 47.4 Å². The van der Waals surface area contributed by atoms with Crippen molar-refractivity contribution in [3.8, 4) is 23.7 Å². The van der Waals surface area contributed by atoms with Crippen LogP contribution in [-0.4, -0.2) is 78.5 Å². The monoisotopic (exact) mass is 730 g/mol. The molecule has 1 aromatic carbocycles. The van der Waals surface area contributed by atoms with Gasteiger partial charge in [-0.3, -0.25) is 19.2 Å². The molecule has 4 aliphatic rings. The van der Waals surface area contributed by atoms with Gasteiger partial charge in [-0.05, 0) is 99.3 Å². The summed E-state index contributed by atoms with van der Waals surface area (Å²) in [5, 5.41) is 6.01.